The van der Waals surface area contributed by atoms with Gasteiger partial charge in [0, 0.05) is 19.7 Å². The number of likely N-dealkylation sites (N-methyl/N-ethyl adjacent to an activating group) is 1. The predicted octanol–water partition coefficient (Wildman–Crippen LogP) is 1.83. The van der Waals surface area contributed by atoms with Gasteiger partial charge in [-0.15, -0.1) is 0 Å². The number of carbonyl (C=O) groups is 1. The first-order valence-corrected chi connectivity index (χ1v) is 7.65. The number of rotatable bonds is 4. The minimum Gasteiger partial charge on any atom is -0.396 e. The molecular weight excluding hydrogens is 264 g/mol. The monoisotopic (exact) mass is 290 g/mol. The quantitative estimate of drug-likeness (QED) is 0.920. The highest BCUT2D eigenvalue weighted by atomic mass is 16.3. The van der Waals surface area contributed by atoms with Crippen molar-refractivity contribution in [3.8, 4) is 0 Å². The van der Waals surface area contributed by atoms with Gasteiger partial charge >= 0.3 is 0 Å². The van der Waals surface area contributed by atoms with Gasteiger partial charge < -0.3 is 10.0 Å². The van der Waals surface area contributed by atoms with E-state index < -0.39 is 0 Å². The van der Waals surface area contributed by atoms with Gasteiger partial charge in [-0.25, -0.2) is 0 Å². The predicted molar refractivity (Wildman–Crippen MR) is 84.0 cm³/mol. The average Bonchev–Trinajstić information content (AvgIpc) is 2.49. The SMILES string of the molecule is Cc1ccc([C@H](C(=O)N2CCC(CO)CC2)N(C)C)cc1. The van der Waals surface area contributed by atoms with Crippen molar-refractivity contribution >= 4 is 5.91 Å². The number of aliphatic hydroxyl groups excluding tert-OH is 1. The van der Waals surface area contributed by atoms with Crippen LogP contribution in [0.4, 0.5) is 0 Å². The number of hydrogen-bond acceptors (Lipinski definition) is 3. The molecule has 4 heteroatoms. The van der Waals surface area contributed by atoms with E-state index in [-0.39, 0.29) is 18.6 Å². The van der Waals surface area contributed by atoms with Gasteiger partial charge in [0.1, 0.15) is 6.04 Å². The lowest BCUT2D eigenvalue weighted by atomic mass is 9.96. The second kappa shape index (κ2) is 7.05. The molecule has 4 nitrogen and oxygen atoms in total. The summed E-state index contributed by atoms with van der Waals surface area (Å²) in [5.74, 6) is 0.520. The van der Waals surface area contributed by atoms with Crippen LogP contribution < -0.4 is 0 Å². The Balaban J connectivity index is 2.11. The van der Waals surface area contributed by atoms with Gasteiger partial charge in [-0.1, -0.05) is 29.8 Å². The Kier molecular flexibility index (Phi) is 5.37. The number of hydrogen-bond donors (Lipinski definition) is 1. The fraction of sp³-hybridized carbons (Fsp3) is 0.588. The third kappa shape index (κ3) is 3.83. The molecule has 0 aliphatic carbocycles. The Bertz CT molecular complexity index is 462. The van der Waals surface area contributed by atoms with Crippen molar-refractivity contribution < 1.29 is 9.90 Å². The molecule has 1 atom stereocenters. The number of likely N-dealkylation sites (tertiary alicyclic amines) is 1. The minimum absolute atomic E-state index is 0.167. The molecular formula is C17H26N2O2. The Morgan fingerprint density at radius 2 is 1.86 bits per heavy atom. The highest BCUT2D eigenvalue weighted by molar-refractivity contribution is 5.83. The van der Waals surface area contributed by atoms with Crippen LogP contribution in [0.5, 0.6) is 0 Å². The van der Waals surface area contributed by atoms with Crippen molar-refractivity contribution in [1.29, 1.82) is 0 Å². The van der Waals surface area contributed by atoms with Crippen molar-refractivity contribution in [2.45, 2.75) is 25.8 Å². The topological polar surface area (TPSA) is 43.8 Å². The molecule has 1 heterocycles. The van der Waals surface area contributed by atoms with Crippen molar-refractivity contribution in [1.82, 2.24) is 9.80 Å². The molecule has 1 aliphatic rings. The second-order valence-electron chi connectivity index (χ2n) is 6.23. The maximum absolute atomic E-state index is 12.8. The summed E-state index contributed by atoms with van der Waals surface area (Å²) in [6.07, 6.45) is 1.80. The fourth-order valence-corrected chi connectivity index (χ4v) is 2.92. The van der Waals surface area contributed by atoms with Crippen LogP contribution in [0.25, 0.3) is 0 Å². The summed E-state index contributed by atoms with van der Waals surface area (Å²) < 4.78 is 0. The van der Waals surface area contributed by atoms with E-state index in [1.807, 2.05) is 36.0 Å². The van der Waals surface area contributed by atoms with Crippen molar-refractivity contribution in [2.24, 2.45) is 5.92 Å². The first-order chi connectivity index (χ1) is 10.0. The summed E-state index contributed by atoms with van der Waals surface area (Å²) in [4.78, 5) is 16.8. The van der Waals surface area contributed by atoms with Crippen LogP contribution in [-0.4, -0.2) is 54.6 Å². The molecule has 21 heavy (non-hydrogen) atoms. The number of nitrogens with zero attached hydrogens (tertiary/aromatic N) is 2. The molecule has 1 saturated heterocycles. The maximum atomic E-state index is 12.8. The molecule has 1 aromatic rings. The van der Waals surface area contributed by atoms with E-state index in [2.05, 4.69) is 19.1 Å². The highest BCUT2D eigenvalue weighted by Gasteiger charge is 2.30. The third-order valence-corrected chi connectivity index (χ3v) is 4.33. The normalized spacial score (nSPS) is 18.0. The maximum Gasteiger partial charge on any atom is 0.244 e. The molecule has 116 valence electrons. The van der Waals surface area contributed by atoms with Gasteiger partial charge in [0.05, 0.1) is 0 Å². The Morgan fingerprint density at radius 3 is 2.33 bits per heavy atom. The lowest BCUT2D eigenvalue weighted by Crippen LogP contribution is -2.44. The van der Waals surface area contributed by atoms with E-state index in [1.54, 1.807) is 0 Å². The minimum atomic E-state index is -0.226. The molecule has 2 rings (SSSR count). The van der Waals surface area contributed by atoms with E-state index in [9.17, 15) is 9.90 Å². The van der Waals surface area contributed by atoms with E-state index in [0.717, 1.165) is 31.5 Å². The Labute approximate surface area is 127 Å². The van der Waals surface area contributed by atoms with Gasteiger partial charge in [0.25, 0.3) is 0 Å². The zero-order valence-corrected chi connectivity index (χ0v) is 13.2. The van der Waals surface area contributed by atoms with Gasteiger partial charge in [0.2, 0.25) is 5.91 Å². The fourth-order valence-electron chi connectivity index (χ4n) is 2.92. The Hall–Kier alpha value is -1.39. The summed E-state index contributed by atoms with van der Waals surface area (Å²) in [7, 11) is 3.89. The van der Waals surface area contributed by atoms with Crippen LogP contribution in [0.15, 0.2) is 24.3 Å². The molecule has 1 amide bonds. The molecule has 1 fully saturated rings. The van der Waals surface area contributed by atoms with Crippen LogP contribution in [0.3, 0.4) is 0 Å². The van der Waals surface area contributed by atoms with Gasteiger partial charge in [0.15, 0.2) is 0 Å². The van der Waals surface area contributed by atoms with Crippen LogP contribution >= 0.6 is 0 Å². The first kappa shape index (κ1) is 16.0. The zero-order valence-electron chi connectivity index (χ0n) is 13.2. The van der Waals surface area contributed by atoms with E-state index in [1.165, 1.54) is 5.56 Å². The number of aliphatic hydroxyl groups is 1. The summed E-state index contributed by atoms with van der Waals surface area (Å²) in [5.41, 5.74) is 2.24. The summed E-state index contributed by atoms with van der Waals surface area (Å²) >= 11 is 0. The van der Waals surface area contributed by atoms with E-state index >= 15 is 0 Å². The molecule has 0 bridgehead atoms. The van der Waals surface area contributed by atoms with Crippen LogP contribution in [-0.2, 0) is 4.79 Å². The van der Waals surface area contributed by atoms with E-state index in [4.69, 9.17) is 0 Å². The lowest BCUT2D eigenvalue weighted by Gasteiger charge is -2.35. The summed E-state index contributed by atoms with van der Waals surface area (Å²) in [6, 6.07) is 7.96. The summed E-state index contributed by atoms with van der Waals surface area (Å²) in [5, 5.41) is 9.21. The van der Waals surface area contributed by atoms with Crippen LogP contribution in [0, 0.1) is 12.8 Å². The molecule has 0 saturated carbocycles. The number of piperidine rings is 1. The zero-order chi connectivity index (χ0) is 15.4. The largest absolute Gasteiger partial charge is 0.396 e. The number of aryl methyl sites for hydroxylation is 1. The number of benzene rings is 1. The second-order valence-corrected chi connectivity index (χ2v) is 6.23. The molecule has 1 aliphatic heterocycles. The average molecular weight is 290 g/mol. The molecule has 0 aromatic heterocycles. The van der Waals surface area contributed by atoms with Gasteiger partial charge in [-0.2, -0.15) is 0 Å². The number of carbonyl (C=O) groups excluding carboxylic acids is 1. The summed E-state index contributed by atoms with van der Waals surface area (Å²) in [6.45, 7) is 3.79. The molecule has 0 unspecified atom stereocenters. The van der Waals surface area contributed by atoms with Crippen molar-refractivity contribution in [3.63, 3.8) is 0 Å². The molecule has 0 radical (unpaired) electrons. The Morgan fingerprint density at radius 1 is 1.29 bits per heavy atom. The van der Waals surface area contributed by atoms with Crippen LogP contribution in [0.2, 0.25) is 0 Å². The molecule has 1 aromatic carbocycles. The van der Waals surface area contributed by atoms with Gasteiger partial charge in [-0.05, 0) is 45.3 Å². The van der Waals surface area contributed by atoms with Gasteiger partial charge in [-0.3, -0.25) is 9.69 Å². The van der Waals surface area contributed by atoms with Crippen molar-refractivity contribution in [3.05, 3.63) is 35.4 Å². The van der Waals surface area contributed by atoms with E-state index in [0.29, 0.717) is 5.92 Å². The van der Waals surface area contributed by atoms with Crippen LogP contribution in [0.1, 0.15) is 30.0 Å². The third-order valence-electron chi connectivity index (χ3n) is 4.33. The first-order valence-electron chi connectivity index (χ1n) is 7.65. The standard InChI is InChI=1S/C17H26N2O2/c1-13-4-6-15(7-5-13)16(18(2)3)17(21)19-10-8-14(12-20)9-11-19/h4-7,14,16,20H,8-12H2,1-3H3/t16-/m1/s1. The molecule has 0 spiro atoms. The lowest BCUT2D eigenvalue weighted by molar-refractivity contribution is -0.138. The molecule has 1 N–H and O–H groups in total. The smallest absolute Gasteiger partial charge is 0.244 e. The number of amides is 1. The van der Waals surface area contributed by atoms with Crippen molar-refractivity contribution in [2.75, 3.05) is 33.8 Å². The highest BCUT2D eigenvalue weighted by Crippen LogP contribution is 2.25.